The van der Waals surface area contributed by atoms with Gasteiger partial charge in [-0.05, 0) is 42.8 Å². The second kappa shape index (κ2) is 5.91. The van der Waals surface area contributed by atoms with Crippen molar-refractivity contribution in [2.45, 2.75) is 6.92 Å². The molecule has 0 spiro atoms. The van der Waals surface area contributed by atoms with Crippen molar-refractivity contribution in [3.63, 3.8) is 0 Å². The van der Waals surface area contributed by atoms with E-state index < -0.39 is 0 Å². The highest BCUT2D eigenvalue weighted by molar-refractivity contribution is 6.35. The summed E-state index contributed by atoms with van der Waals surface area (Å²) < 4.78 is 0. The molecular weight excluding hydrogens is 285 g/mol. The molecule has 1 aromatic carbocycles. The van der Waals surface area contributed by atoms with Crippen molar-refractivity contribution in [1.82, 2.24) is 4.98 Å². The summed E-state index contributed by atoms with van der Waals surface area (Å²) in [5.74, 6) is 0.649. The maximum atomic E-state index is 9.21. The van der Waals surface area contributed by atoms with Crippen molar-refractivity contribution in [1.29, 1.82) is 0 Å². The number of hydrogen-bond donors (Lipinski definition) is 2. The summed E-state index contributed by atoms with van der Waals surface area (Å²) in [5.41, 5.74) is 4.40. The lowest BCUT2D eigenvalue weighted by Crippen LogP contribution is -2.01. The quantitative estimate of drug-likeness (QED) is 0.666. The third kappa shape index (κ3) is 3.59. The third-order valence-electron chi connectivity index (χ3n) is 2.42. The lowest BCUT2D eigenvalue weighted by atomic mass is 10.1. The fourth-order valence-corrected chi connectivity index (χ4v) is 1.82. The molecule has 0 amide bonds. The van der Waals surface area contributed by atoms with Gasteiger partial charge in [-0.2, -0.15) is 5.10 Å². The van der Waals surface area contributed by atoms with Gasteiger partial charge in [0.1, 0.15) is 5.75 Å². The second-order valence-electron chi connectivity index (χ2n) is 3.84. The fourth-order valence-electron chi connectivity index (χ4n) is 1.40. The first kappa shape index (κ1) is 13.6. The van der Waals surface area contributed by atoms with Crippen molar-refractivity contribution in [2.75, 3.05) is 5.43 Å². The minimum absolute atomic E-state index is 0.215. The number of hydrazone groups is 1. The monoisotopic (exact) mass is 295 g/mol. The van der Waals surface area contributed by atoms with Gasteiger partial charge in [-0.3, -0.25) is 5.43 Å². The number of aromatic hydroxyl groups is 1. The van der Waals surface area contributed by atoms with Crippen molar-refractivity contribution in [3.8, 4) is 5.75 Å². The van der Waals surface area contributed by atoms with E-state index in [0.717, 1.165) is 11.3 Å². The zero-order valence-electron chi connectivity index (χ0n) is 10.1. The number of anilines is 1. The topological polar surface area (TPSA) is 57.5 Å². The Hall–Kier alpha value is -1.78. The summed E-state index contributed by atoms with van der Waals surface area (Å²) >= 11 is 11.7. The Balaban J connectivity index is 2.15. The van der Waals surface area contributed by atoms with E-state index in [4.69, 9.17) is 23.2 Å². The van der Waals surface area contributed by atoms with Gasteiger partial charge in [0.25, 0.3) is 0 Å². The molecule has 0 radical (unpaired) electrons. The van der Waals surface area contributed by atoms with Crippen molar-refractivity contribution in [3.05, 3.63) is 52.1 Å². The van der Waals surface area contributed by atoms with Crippen LogP contribution in [0, 0.1) is 0 Å². The molecule has 0 bridgehead atoms. The van der Waals surface area contributed by atoms with E-state index in [1.54, 1.807) is 30.3 Å². The first-order valence-electron chi connectivity index (χ1n) is 5.47. The van der Waals surface area contributed by atoms with Gasteiger partial charge in [-0.25, -0.2) is 4.98 Å². The van der Waals surface area contributed by atoms with Gasteiger partial charge in [0, 0.05) is 6.20 Å². The van der Waals surface area contributed by atoms with E-state index in [2.05, 4.69) is 15.5 Å². The molecule has 1 heterocycles. The molecule has 0 unspecified atom stereocenters. The van der Waals surface area contributed by atoms with E-state index in [-0.39, 0.29) is 5.75 Å². The summed E-state index contributed by atoms with van der Waals surface area (Å²) in [7, 11) is 0. The maximum Gasteiger partial charge on any atom is 0.165 e. The second-order valence-corrected chi connectivity index (χ2v) is 4.68. The Morgan fingerprint density at radius 3 is 2.58 bits per heavy atom. The number of phenolic OH excluding ortho intramolecular Hbond substituents is 1. The molecule has 0 saturated carbocycles. The number of pyridine rings is 1. The SMILES string of the molecule is C/C(=N\Nc1ncc(Cl)cc1Cl)c1ccc(O)cc1. The molecule has 0 atom stereocenters. The lowest BCUT2D eigenvalue weighted by molar-refractivity contribution is 0.475. The third-order valence-corrected chi connectivity index (χ3v) is 2.92. The molecule has 2 rings (SSSR count). The van der Waals surface area contributed by atoms with E-state index in [1.165, 1.54) is 6.20 Å². The Morgan fingerprint density at radius 1 is 1.26 bits per heavy atom. The largest absolute Gasteiger partial charge is 0.508 e. The zero-order chi connectivity index (χ0) is 13.8. The predicted octanol–water partition coefficient (Wildman–Crippen LogP) is 3.93. The molecule has 0 aliphatic carbocycles. The molecule has 6 heteroatoms. The van der Waals surface area contributed by atoms with Crippen LogP contribution in [-0.2, 0) is 0 Å². The Morgan fingerprint density at radius 2 is 1.95 bits per heavy atom. The molecular formula is C13H11Cl2N3O. The van der Waals surface area contributed by atoms with Crippen LogP contribution in [0.25, 0.3) is 0 Å². The number of rotatable bonds is 3. The van der Waals surface area contributed by atoms with Crippen LogP contribution in [0.4, 0.5) is 5.82 Å². The average molecular weight is 296 g/mol. The Bertz CT molecular complexity index is 612. The summed E-state index contributed by atoms with van der Waals surface area (Å²) in [6.07, 6.45) is 1.49. The number of aromatic nitrogens is 1. The normalized spacial score (nSPS) is 11.4. The number of nitrogens with one attached hydrogen (secondary N) is 1. The Labute approximate surface area is 120 Å². The molecule has 19 heavy (non-hydrogen) atoms. The van der Waals surface area contributed by atoms with Gasteiger partial charge < -0.3 is 5.11 Å². The molecule has 0 aliphatic rings. The van der Waals surface area contributed by atoms with E-state index >= 15 is 0 Å². The number of hydrogen-bond acceptors (Lipinski definition) is 4. The molecule has 2 N–H and O–H groups in total. The first-order chi connectivity index (χ1) is 9.06. The van der Waals surface area contributed by atoms with Crippen LogP contribution in [0.5, 0.6) is 5.75 Å². The van der Waals surface area contributed by atoms with E-state index in [1.807, 2.05) is 6.92 Å². The van der Waals surface area contributed by atoms with E-state index in [9.17, 15) is 5.11 Å². The summed E-state index contributed by atoms with van der Waals surface area (Å²) in [6.45, 7) is 1.84. The highest BCUT2D eigenvalue weighted by Gasteiger charge is 2.02. The summed E-state index contributed by atoms with van der Waals surface area (Å²) in [6, 6.07) is 8.33. The number of nitrogens with zero attached hydrogens (tertiary/aromatic N) is 2. The molecule has 0 fully saturated rings. The van der Waals surface area contributed by atoms with Crippen LogP contribution in [0.3, 0.4) is 0 Å². The minimum atomic E-state index is 0.215. The molecule has 0 aliphatic heterocycles. The van der Waals surface area contributed by atoms with Gasteiger partial charge in [0.15, 0.2) is 5.82 Å². The van der Waals surface area contributed by atoms with Gasteiger partial charge >= 0.3 is 0 Å². The summed E-state index contributed by atoms with van der Waals surface area (Å²) in [5, 5.41) is 14.3. The first-order valence-corrected chi connectivity index (χ1v) is 6.22. The fraction of sp³-hybridized carbons (Fsp3) is 0.0769. The number of benzene rings is 1. The van der Waals surface area contributed by atoms with Crippen molar-refractivity contribution >= 4 is 34.7 Å². The van der Waals surface area contributed by atoms with Crippen LogP contribution < -0.4 is 5.43 Å². The molecule has 0 saturated heterocycles. The van der Waals surface area contributed by atoms with Gasteiger partial charge in [0.2, 0.25) is 0 Å². The van der Waals surface area contributed by atoms with Gasteiger partial charge in [0.05, 0.1) is 15.8 Å². The minimum Gasteiger partial charge on any atom is -0.508 e. The zero-order valence-corrected chi connectivity index (χ0v) is 11.6. The average Bonchev–Trinajstić information content (AvgIpc) is 2.38. The van der Waals surface area contributed by atoms with Crippen LogP contribution in [0.2, 0.25) is 10.0 Å². The lowest BCUT2D eigenvalue weighted by Gasteiger charge is -2.05. The molecule has 1 aromatic heterocycles. The standard InChI is InChI=1S/C13H11Cl2N3O/c1-8(9-2-4-11(19)5-3-9)17-18-13-12(15)6-10(14)7-16-13/h2-7,19H,1H3,(H,16,18)/b17-8+. The highest BCUT2D eigenvalue weighted by Crippen LogP contribution is 2.22. The van der Waals surface area contributed by atoms with Crippen molar-refractivity contribution < 1.29 is 5.11 Å². The maximum absolute atomic E-state index is 9.21. The van der Waals surface area contributed by atoms with E-state index in [0.29, 0.717) is 15.9 Å². The van der Waals surface area contributed by atoms with Gasteiger partial charge in [-0.15, -0.1) is 0 Å². The van der Waals surface area contributed by atoms with Crippen LogP contribution in [-0.4, -0.2) is 15.8 Å². The van der Waals surface area contributed by atoms with Crippen LogP contribution >= 0.6 is 23.2 Å². The highest BCUT2D eigenvalue weighted by atomic mass is 35.5. The van der Waals surface area contributed by atoms with Gasteiger partial charge in [-0.1, -0.05) is 23.2 Å². The molecule has 2 aromatic rings. The predicted molar refractivity (Wildman–Crippen MR) is 78.2 cm³/mol. The number of halogens is 2. The summed E-state index contributed by atoms with van der Waals surface area (Å²) in [4.78, 5) is 4.04. The molecule has 4 nitrogen and oxygen atoms in total. The van der Waals surface area contributed by atoms with Crippen molar-refractivity contribution in [2.24, 2.45) is 5.10 Å². The Kier molecular flexibility index (Phi) is 4.24. The van der Waals surface area contributed by atoms with Crippen LogP contribution in [0.1, 0.15) is 12.5 Å². The van der Waals surface area contributed by atoms with Crippen LogP contribution in [0.15, 0.2) is 41.6 Å². The smallest absolute Gasteiger partial charge is 0.165 e. The number of phenols is 1. The molecule has 98 valence electrons.